The Balaban J connectivity index is 2.08. The van der Waals surface area contributed by atoms with Crippen LogP contribution in [0.1, 0.15) is 39.2 Å². The molecule has 0 bridgehead atoms. The van der Waals surface area contributed by atoms with Crippen molar-refractivity contribution in [3.8, 4) is 0 Å². The van der Waals surface area contributed by atoms with Gasteiger partial charge in [0.15, 0.2) is 0 Å². The number of nitrogens with one attached hydrogen (secondary N) is 1. The molecule has 6 heteroatoms. The summed E-state index contributed by atoms with van der Waals surface area (Å²) in [5, 5.41) is 16.4. The fourth-order valence-electron chi connectivity index (χ4n) is 2.61. The number of thiophene rings is 1. The van der Waals surface area contributed by atoms with Gasteiger partial charge >= 0.3 is 12.1 Å². The molecule has 2 rings (SSSR count). The van der Waals surface area contributed by atoms with Crippen molar-refractivity contribution >= 4 is 23.4 Å². The molecule has 1 amide bonds. The van der Waals surface area contributed by atoms with Crippen LogP contribution in [-0.4, -0.2) is 29.3 Å². The molecule has 1 aliphatic rings. The minimum absolute atomic E-state index is 0.0950. The first kappa shape index (κ1) is 16.8. The zero-order valence-corrected chi connectivity index (χ0v) is 14.0. The van der Waals surface area contributed by atoms with Crippen molar-refractivity contribution in [3.63, 3.8) is 0 Å². The number of aliphatic carboxylic acids is 1. The number of carbonyl (C=O) groups is 2. The Hall–Kier alpha value is -1.56. The highest BCUT2D eigenvalue weighted by molar-refractivity contribution is 7.07. The number of alkyl carbamates (subject to hydrolysis) is 1. The number of rotatable bonds is 6. The molecule has 1 aliphatic carbocycles. The number of hydrogen-bond donors (Lipinski definition) is 2. The van der Waals surface area contributed by atoms with Gasteiger partial charge in [0.2, 0.25) is 0 Å². The van der Waals surface area contributed by atoms with Crippen LogP contribution in [-0.2, 0) is 16.0 Å². The zero-order valence-electron chi connectivity index (χ0n) is 13.2. The lowest BCUT2D eigenvalue weighted by atomic mass is 9.77. The Morgan fingerprint density at radius 2 is 2.09 bits per heavy atom. The predicted octanol–water partition coefficient (Wildman–Crippen LogP) is 3.30. The maximum Gasteiger partial charge on any atom is 0.407 e. The van der Waals surface area contributed by atoms with Gasteiger partial charge in [0.25, 0.3) is 0 Å². The molecule has 1 fully saturated rings. The second kappa shape index (κ2) is 6.28. The van der Waals surface area contributed by atoms with Crippen molar-refractivity contribution in [3.05, 3.63) is 22.4 Å². The smallest absolute Gasteiger partial charge is 0.407 e. The first-order chi connectivity index (χ1) is 10.2. The van der Waals surface area contributed by atoms with E-state index in [2.05, 4.69) is 5.32 Å². The van der Waals surface area contributed by atoms with Gasteiger partial charge in [-0.05, 0) is 68.3 Å². The van der Waals surface area contributed by atoms with Gasteiger partial charge in [-0.1, -0.05) is 0 Å². The number of carbonyl (C=O) groups excluding carboxylic acids is 1. The molecule has 1 aromatic rings. The normalized spacial score (nSPS) is 17.6. The second-order valence-corrected chi connectivity index (χ2v) is 7.68. The molecule has 5 nitrogen and oxygen atoms in total. The van der Waals surface area contributed by atoms with Crippen LogP contribution in [0.2, 0.25) is 0 Å². The molecule has 1 saturated carbocycles. The molecule has 1 atom stereocenters. The molecule has 0 spiro atoms. The number of hydrogen-bond acceptors (Lipinski definition) is 4. The van der Waals surface area contributed by atoms with Crippen molar-refractivity contribution in [2.75, 3.05) is 6.54 Å². The molecule has 2 N–H and O–H groups in total. The van der Waals surface area contributed by atoms with Crippen molar-refractivity contribution < 1.29 is 19.4 Å². The Morgan fingerprint density at radius 3 is 2.55 bits per heavy atom. The van der Waals surface area contributed by atoms with Crippen LogP contribution in [0.15, 0.2) is 16.8 Å². The van der Waals surface area contributed by atoms with Gasteiger partial charge in [0.05, 0.1) is 5.41 Å². The topological polar surface area (TPSA) is 75.6 Å². The molecule has 0 aromatic carbocycles. The van der Waals surface area contributed by atoms with Gasteiger partial charge < -0.3 is 15.2 Å². The minimum atomic E-state index is -0.946. The molecular formula is C16H23NO4S. The van der Waals surface area contributed by atoms with Crippen LogP contribution in [0.25, 0.3) is 0 Å². The summed E-state index contributed by atoms with van der Waals surface area (Å²) in [6, 6.07) is 1.94. The van der Waals surface area contributed by atoms with Gasteiger partial charge in [-0.15, -0.1) is 0 Å². The highest BCUT2D eigenvalue weighted by atomic mass is 32.1. The summed E-state index contributed by atoms with van der Waals surface area (Å²) in [6.45, 7) is 5.44. The van der Waals surface area contributed by atoms with Gasteiger partial charge in [-0.3, -0.25) is 4.79 Å². The van der Waals surface area contributed by atoms with E-state index in [4.69, 9.17) is 4.74 Å². The lowest BCUT2D eigenvalue weighted by Crippen LogP contribution is -2.47. The number of ether oxygens (including phenoxy) is 1. The first-order valence-electron chi connectivity index (χ1n) is 7.44. The van der Waals surface area contributed by atoms with Crippen LogP contribution >= 0.6 is 11.3 Å². The maximum absolute atomic E-state index is 11.9. The van der Waals surface area contributed by atoms with E-state index < -0.39 is 23.1 Å². The molecule has 0 radical (unpaired) electrons. The summed E-state index contributed by atoms with van der Waals surface area (Å²) >= 11 is 1.55. The standard InChI is InChI=1S/C16H23NO4S/c1-15(2,3)21-14(20)17-10-16(13(18)19,12-4-5-12)8-11-6-7-22-9-11/h6-7,9,12H,4-5,8,10H2,1-3H3,(H,17,20)(H,18,19). The average Bonchev–Trinajstić information content (AvgIpc) is 3.11. The first-order valence-corrected chi connectivity index (χ1v) is 8.38. The molecule has 0 saturated heterocycles. The van der Waals surface area contributed by atoms with E-state index in [1.807, 2.05) is 16.8 Å². The highest BCUT2D eigenvalue weighted by Crippen LogP contribution is 2.47. The van der Waals surface area contributed by atoms with Crippen LogP contribution < -0.4 is 5.32 Å². The van der Waals surface area contributed by atoms with E-state index >= 15 is 0 Å². The molecule has 1 heterocycles. The van der Waals surface area contributed by atoms with Gasteiger partial charge in [0, 0.05) is 6.54 Å². The van der Waals surface area contributed by atoms with Gasteiger partial charge in [-0.25, -0.2) is 4.79 Å². The van der Waals surface area contributed by atoms with E-state index in [0.29, 0.717) is 6.42 Å². The Bertz CT molecular complexity index is 531. The summed E-state index contributed by atoms with van der Waals surface area (Å²) in [5.41, 5.74) is -0.536. The zero-order chi connectivity index (χ0) is 16.4. The SMILES string of the molecule is CC(C)(C)OC(=O)NCC(Cc1ccsc1)(C(=O)O)C1CC1. The Kier molecular flexibility index (Phi) is 4.80. The van der Waals surface area contributed by atoms with Crippen molar-refractivity contribution in [2.45, 2.75) is 45.6 Å². The van der Waals surface area contributed by atoms with E-state index in [1.165, 1.54) is 0 Å². The molecular weight excluding hydrogens is 302 g/mol. The fraction of sp³-hybridized carbons (Fsp3) is 0.625. The summed E-state index contributed by atoms with van der Waals surface area (Å²) in [4.78, 5) is 23.8. The summed E-state index contributed by atoms with van der Waals surface area (Å²) in [7, 11) is 0. The van der Waals surface area contributed by atoms with Crippen LogP contribution in [0, 0.1) is 11.3 Å². The van der Waals surface area contributed by atoms with Crippen molar-refractivity contribution in [1.29, 1.82) is 0 Å². The molecule has 1 unspecified atom stereocenters. The minimum Gasteiger partial charge on any atom is -0.481 e. The lowest BCUT2D eigenvalue weighted by molar-refractivity contribution is -0.150. The summed E-state index contributed by atoms with van der Waals surface area (Å²) in [6.07, 6.45) is 1.66. The van der Waals surface area contributed by atoms with Crippen LogP contribution in [0.4, 0.5) is 4.79 Å². The lowest BCUT2D eigenvalue weighted by Gasteiger charge is -2.30. The Morgan fingerprint density at radius 1 is 1.41 bits per heavy atom. The highest BCUT2D eigenvalue weighted by Gasteiger charge is 2.51. The van der Waals surface area contributed by atoms with Crippen LogP contribution in [0.3, 0.4) is 0 Å². The molecule has 1 aromatic heterocycles. The third kappa shape index (κ3) is 4.22. The number of carboxylic acid groups (broad SMARTS) is 1. The van der Waals surface area contributed by atoms with E-state index in [9.17, 15) is 14.7 Å². The number of amides is 1. The molecule has 122 valence electrons. The predicted molar refractivity (Wildman–Crippen MR) is 85.1 cm³/mol. The third-order valence-electron chi connectivity index (χ3n) is 3.83. The van der Waals surface area contributed by atoms with E-state index in [-0.39, 0.29) is 12.5 Å². The summed E-state index contributed by atoms with van der Waals surface area (Å²) in [5.74, 6) is -0.739. The second-order valence-electron chi connectivity index (χ2n) is 6.90. The van der Waals surface area contributed by atoms with Crippen LogP contribution in [0.5, 0.6) is 0 Å². The Labute approximate surface area is 134 Å². The molecule has 0 aliphatic heterocycles. The monoisotopic (exact) mass is 325 g/mol. The van der Waals surface area contributed by atoms with E-state index in [1.54, 1.807) is 32.1 Å². The van der Waals surface area contributed by atoms with E-state index in [0.717, 1.165) is 18.4 Å². The van der Waals surface area contributed by atoms with Crippen molar-refractivity contribution in [1.82, 2.24) is 5.32 Å². The van der Waals surface area contributed by atoms with Crippen molar-refractivity contribution in [2.24, 2.45) is 11.3 Å². The fourth-order valence-corrected chi connectivity index (χ4v) is 3.28. The largest absolute Gasteiger partial charge is 0.481 e. The van der Waals surface area contributed by atoms with Gasteiger partial charge in [0.1, 0.15) is 5.60 Å². The number of carboxylic acids is 1. The van der Waals surface area contributed by atoms with Gasteiger partial charge in [-0.2, -0.15) is 11.3 Å². The quantitative estimate of drug-likeness (QED) is 0.841. The molecule has 22 heavy (non-hydrogen) atoms. The maximum atomic E-state index is 11.9. The third-order valence-corrected chi connectivity index (χ3v) is 4.56. The average molecular weight is 325 g/mol. The summed E-state index contributed by atoms with van der Waals surface area (Å²) < 4.78 is 5.21.